The molecule has 0 saturated carbocycles. The van der Waals surface area contributed by atoms with Gasteiger partial charge in [0.15, 0.2) is 5.76 Å². The van der Waals surface area contributed by atoms with Crippen LogP contribution in [0.5, 0.6) is 5.75 Å². The second kappa shape index (κ2) is 8.24. The van der Waals surface area contributed by atoms with E-state index < -0.39 is 10.8 Å². The van der Waals surface area contributed by atoms with Gasteiger partial charge in [0.05, 0.1) is 21.2 Å². The van der Waals surface area contributed by atoms with Crippen LogP contribution in [0.4, 0.5) is 11.4 Å². The number of non-ortho nitro benzene ring substituents is 1. The van der Waals surface area contributed by atoms with Gasteiger partial charge in [-0.1, -0.05) is 23.7 Å². The first kappa shape index (κ1) is 18.9. The van der Waals surface area contributed by atoms with Gasteiger partial charge in [-0.3, -0.25) is 14.9 Å². The monoisotopic (exact) mass is 397 g/mol. The van der Waals surface area contributed by atoms with Crippen LogP contribution < -0.4 is 10.1 Å². The number of benzene rings is 2. The van der Waals surface area contributed by atoms with Gasteiger partial charge in [-0.05, 0) is 30.3 Å². The number of nitrogens with one attached hydrogen (secondary N) is 1. The Morgan fingerprint density at radius 3 is 2.75 bits per heavy atom. The van der Waals surface area contributed by atoms with Gasteiger partial charge in [0, 0.05) is 12.1 Å². The molecule has 0 aliphatic heterocycles. The number of nitriles is 1. The van der Waals surface area contributed by atoms with Crippen molar-refractivity contribution >= 4 is 28.9 Å². The molecule has 1 amide bonds. The number of anilines is 1. The average Bonchev–Trinajstić information content (AvgIpc) is 3.16. The van der Waals surface area contributed by atoms with Crippen LogP contribution in [0.1, 0.15) is 21.9 Å². The predicted octanol–water partition coefficient (Wildman–Crippen LogP) is 4.54. The predicted molar refractivity (Wildman–Crippen MR) is 100 cm³/mol. The molecule has 1 aromatic heterocycles. The van der Waals surface area contributed by atoms with Crippen molar-refractivity contribution in [2.24, 2.45) is 0 Å². The molecule has 9 heteroatoms. The van der Waals surface area contributed by atoms with Crippen molar-refractivity contribution in [3.63, 3.8) is 0 Å². The topological polar surface area (TPSA) is 118 Å². The van der Waals surface area contributed by atoms with Gasteiger partial charge in [0.25, 0.3) is 11.6 Å². The molecule has 2 aromatic carbocycles. The van der Waals surface area contributed by atoms with E-state index in [1.807, 2.05) is 6.07 Å². The fourth-order valence-corrected chi connectivity index (χ4v) is 2.55. The van der Waals surface area contributed by atoms with E-state index in [1.165, 1.54) is 24.3 Å². The van der Waals surface area contributed by atoms with Crippen LogP contribution in [-0.4, -0.2) is 10.8 Å². The van der Waals surface area contributed by atoms with Gasteiger partial charge in [0.2, 0.25) is 0 Å². The zero-order chi connectivity index (χ0) is 20.1. The number of nitro benzene ring substituents is 1. The molecule has 0 atom stereocenters. The molecule has 140 valence electrons. The number of furan rings is 1. The van der Waals surface area contributed by atoms with E-state index >= 15 is 0 Å². The molecule has 3 aromatic rings. The minimum absolute atomic E-state index is 0.0282. The Morgan fingerprint density at radius 1 is 1.25 bits per heavy atom. The Bertz CT molecular complexity index is 1090. The molecule has 1 heterocycles. The first-order valence-electron chi connectivity index (χ1n) is 7.94. The van der Waals surface area contributed by atoms with Gasteiger partial charge in [-0.2, -0.15) is 5.26 Å². The lowest BCUT2D eigenvalue weighted by atomic mass is 10.2. The van der Waals surface area contributed by atoms with E-state index in [-0.39, 0.29) is 28.8 Å². The summed E-state index contributed by atoms with van der Waals surface area (Å²) in [5.74, 6) is 0.134. The van der Waals surface area contributed by atoms with E-state index in [9.17, 15) is 14.9 Å². The molecular formula is C19H12ClN3O5. The van der Waals surface area contributed by atoms with Gasteiger partial charge in [0.1, 0.15) is 24.2 Å². The van der Waals surface area contributed by atoms with E-state index in [0.717, 1.165) is 0 Å². The second-order valence-electron chi connectivity index (χ2n) is 5.54. The number of rotatable bonds is 6. The number of amides is 1. The number of halogens is 1. The molecule has 0 unspecified atom stereocenters. The Hall–Kier alpha value is -3.83. The zero-order valence-electron chi connectivity index (χ0n) is 14.2. The number of carbonyl (C=O) groups is 1. The Balaban J connectivity index is 1.65. The normalized spacial score (nSPS) is 10.1. The van der Waals surface area contributed by atoms with Crippen molar-refractivity contribution in [3.8, 4) is 11.8 Å². The number of nitro groups is 1. The highest BCUT2D eigenvalue weighted by Gasteiger charge is 2.15. The smallest absolute Gasteiger partial charge is 0.291 e. The lowest BCUT2D eigenvalue weighted by molar-refractivity contribution is -0.384. The highest BCUT2D eigenvalue weighted by molar-refractivity contribution is 6.32. The number of ether oxygens (including phenoxy) is 1. The van der Waals surface area contributed by atoms with Crippen molar-refractivity contribution in [1.29, 1.82) is 5.26 Å². The van der Waals surface area contributed by atoms with Crippen LogP contribution in [0.15, 0.2) is 59.0 Å². The second-order valence-corrected chi connectivity index (χ2v) is 5.95. The van der Waals surface area contributed by atoms with Crippen LogP contribution >= 0.6 is 11.6 Å². The van der Waals surface area contributed by atoms with Crippen LogP contribution in [0, 0.1) is 21.4 Å². The van der Waals surface area contributed by atoms with E-state index in [0.29, 0.717) is 17.0 Å². The maximum Gasteiger partial charge on any atom is 0.291 e. The molecule has 28 heavy (non-hydrogen) atoms. The Morgan fingerprint density at radius 2 is 2.04 bits per heavy atom. The van der Waals surface area contributed by atoms with Crippen LogP contribution in [0.3, 0.4) is 0 Å². The number of nitrogens with zero attached hydrogens (tertiary/aromatic N) is 2. The third-order valence-corrected chi connectivity index (χ3v) is 3.97. The molecule has 8 nitrogen and oxygen atoms in total. The number of para-hydroxylation sites is 1. The molecule has 0 spiro atoms. The van der Waals surface area contributed by atoms with Gasteiger partial charge in [-0.15, -0.1) is 0 Å². The van der Waals surface area contributed by atoms with Gasteiger partial charge >= 0.3 is 0 Å². The summed E-state index contributed by atoms with van der Waals surface area (Å²) in [4.78, 5) is 22.4. The highest BCUT2D eigenvalue weighted by atomic mass is 35.5. The van der Waals surface area contributed by atoms with Gasteiger partial charge < -0.3 is 14.5 Å². The van der Waals surface area contributed by atoms with Crippen molar-refractivity contribution < 1.29 is 18.9 Å². The summed E-state index contributed by atoms with van der Waals surface area (Å²) in [6.07, 6.45) is 0. The molecule has 0 radical (unpaired) electrons. The van der Waals surface area contributed by atoms with Crippen molar-refractivity contribution in [1.82, 2.24) is 0 Å². The number of hydrogen-bond donors (Lipinski definition) is 1. The third-order valence-electron chi connectivity index (χ3n) is 3.68. The first-order valence-corrected chi connectivity index (χ1v) is 8.31. The van der Waals surface area contributed by atoms with E-state index in [2.05, 4.69) is 5.32 Å². The van der Waals surface area contributed by atoms with E-state index in [4.69, 9.17) is 26.0 Å². The molecule has 0 aliphatic carbocycles. The molecule has 0 saturated heterocycles. The lowest BCUT2D eigenvalue weighted by Crippen LogP contribution is -2.11. The Labute approximate surface area is 164 Å². The summed E-state index contributed by atoms with van der Waals surface area (Å²) < 4.78 is 10.9. The molecule has 0 fully saturated rings. The minimum atomic E-state index is -0.558. The van der Waals surface area contributed by atoms with Crippen LogP contribution in [0.2, 0.25) is 5.02 Å². The quantitative estimate of drug-likeness (QED) is 0.481. The van der Waals surface area contributed by atoms with Crippen molar-refractivity contribution in [2.45, 2.75) is 6.61 Å². The summed E-state index contributed by atoms with van der Waals surface area (Å²) in [6, 6.07) is 15.5. The summed E-state index contributed by atoms with van der Waals surface area (Å²) in [5.41, 5.74) is 0.563. The standard InChI is InChI=1S/C19H12ClN3O5/c20-15-9-13(23(25)26)5-7-17(15)27-11-14-6-8-18(28-14)19(24)22-16-4-2-1-3-12(16)10-21/h1-9H,11H2,(H,22,24). The summed E-state index contributed by atoms with van der Waals surface area (Å²) >= 11 is 5.96. The summed E-state index contributed by atoms with van der Waals surface area (Å²) in [7, 11) is 0. The summed E-state index contributed by atoms with van der Waals surface area (Å²) in [5, 5.41) is 22.5. The molecule has 1 N–H and O–H groups in total. The minimum Gasteiger partial charge on any atom is -0.484 e. The molecular weight excluding hydrogens is 386 g/mol. The van der Waals surface area contributed by atoms with Crippen molar-refractivity contribution in [3.05, 3.63) is 86.8 Å². The molecule has 0 bridgehead atoms. The third kappa shape index (κ3) is 4.28. The fourth-order valence-electron chi connectivity index (χ4n) is 2.32. The molecule has 0 aliphatic rings. The Kier molecular flexibility index (Phi) is 5.58. The largest absolute Gasteiger partial charge is 0.484 e. The number of hydrogen-bond acceptors (Lipinski definition) is 6. The van der Waals surface area contributed by atoms with Crippen LogP contribution in [-0.2, 0) is 6.61 Å². The SMILES string of the molecule is N#Cc1ccccc1NC(=O)c1ccc(COc2ccc([N+](=O)[O-])cc2Cl)o1. The molecule has 3 rings (SSSR count). The zero-order valence-corrected chi connectivity index (χ0v) is 15.0. The van der Waals surface area contributed by atoms with Crippen LogP contribution in [0.25, 0.3) is 0 Å². The average molecular weight is 398 g/mol. The maximum atomic E-state index is 12.3. The van der Waals surface area contributed by atoms with E-state index in [1.54, 1.807) is 30.3 Å². The first-order chi connectivity index (χ1) is 13.5. The summed E-state index contributed by atoms with van der Waals surface area (Å²) in [6.45, 7) is -0.0282. The number of carbonyl (C=O) groups excluding carboxylic acids is 1. The lowest BCUT2D eigenvalue weighted by Gasteiger charge is -2.06. The maximum absolute atomic E-state index is 12.3. The van der Waals surface area contributed by atoms with Gasteiger partial charge in [-0.25, -0.2) is 0 Å². The highest BCUT2D eigenvalue weighted by Crippen LogP contribution is 2.29. The fraction of sp³-hybridized carbons (Fsp3) is 0.0526. The van der Waals surface area contributed by atoms with Crippen molar-refractivity contribution in [2.75, 3.05) is 5.32 Å².